The monoisotopic (exact) mass is 250 g/mol. The van der Waals surface area contributed by atoms with Gasteiger partial charge < -0.3 is 19.9 Å². The Morgan fingerprint density at radius 1 is 1.33 bits per heavy atom. The van der Waals surface area contributed by atoms with Gasteiger partial charge in [0.15, 0.2) is 0 Å². The van der Waals surface area contributed by atoms with Crippen LogP contribution in [0.15, 0.2) is 18.3 Å². The molecule has 0 spiro atoms. The highest BCUT2D eigenvalue weighted by Gasteiger charge is 2.10. The molecule has 1 saturated heterocycles. The number of anilines is 1. The van der Waals surface area contributed by atoms with Crippen molar-refractivity contribution in [1.82, 2.24) is 15.2 Å². The van der Waals surface area contributed by atoms with E-state index >= 15 is 0 Å². The van der Waals surface area contributed by atoms with Crippen LogP contribution in [-0.4, -0.2) is 63.3 Å². The van der Waals surface area contributed by atoms with E-state index < -0.39 is 0 Å². The normalized spacial score (nSPS) is 16.1. The summed E-state index contributed by atoms with van der Waals surface area (Å²) in [7, 11) is 4.06. The second-order valence-corrected chi connectivity index (χ2v) is 4.74. The lowest BCUT2D eigenvalue weighted by Crippen LogP contribution is -2.43. The average molecular weight is 250 g/mol. The van der Waals surface area contributed by atoms with Crippen LogP contribution < -0.4 is 15.0 Å². The number of rotatable bonds is 5. The first-order valence-corrected chi connectivity index (χ1v) is 6.45. The molecule has 5 heteroatoms. The van der Waals surface area contributed by atoms with Gasteiger partial charge in [-0.3, -0.25) is 0 Å². The van der Waals surface area contributed by atoms with E-state index in [1.54, 1.807) is 0 Å². The molecule has 18 heavy (non-hydrogen) atoms. The fourth-order valence-electron chi connectivity index (χ4n) is 1.90. The quantitative estimate of drug-likeness (QED) is 0.821. The molecule has 2 heterocycles. The van der Waals surface area contributed by atoms with Crippen LogP contribution in [-0.2, 0) is 0 Å². The highest BCUT2D eigenvalue weighted by molar-refractivity contribution is 5.45. The molecule has 5 nitrogen and oxygen atoms in total. The van der Waals surface area contributed by atoms with Crippen molar-refractivity contribution in [2.75, 3.05) is 58.3 Å². The zero-order valence-electron chi connectivity index (χ0n) is 11.2. The third-order valence-electron chi connectivity index (χ3n) is 2.99. The lowest BCUT2D eigenvalue weighted by atomic mass is 10.3. The zero-order chi connectivity index (χ0) is 12.8. The fraction of sp³-hybridized carbons (Fsp3) is 0.615. The van der Waals surface area contributed by atoms with Crippen molar-refractivity contribution < 1.29 is 4.74 Å². The Labute approximate surface area is 109 Å². The Morgan fingerprint density at radius 2 is 2.11 bits per heavy atom. The van der Waals surface area contributed by atoms with Gasteiger partial charge in [-0.25, -0.2) is 4.98 Å². The summed E-state index contributed by atoms with van der Waals surface area (Å²) >= 11 is 0. The molecule has 100 valence electrons. The second kappa shape index (κ2) is 6.56. The van der Waals surface area contributed by atoms with Crippen molar-refractivity contribution in [3.8, 4) is 5.88 Å². The van der Waals surface area contributed by atoms with Gasteiger partial charge in [-0.15, -0.1) is 0 Å². The van der Waals surface area contributed by atoms with E-state index in [0.29, 0.717) is 12.5 Å². The number of ether oxygens (including phenoxy) is 1. The zero-order valence-corrected chi connectivity index (χ0v) is 11.2. The van der Waals surface area contributed by atoms with Crippen LogP contribution in [0, 0.1) is 0 Å². The van der Waals surface area contributed by atoms with Gasteiger partial charge in [0.1, 0.15) is 6.61 Å². The summed E-state index contributed by atoms with van der Waals surface area (Å²) in [5.74, 6) is 0.704. The number of pyridine rings is 1. The molecule has 1 N–H and O–H groups in total. The van der Waals surface area contributed by atoms with Crippen LogP contribution >= 0.6 is 0 Å². The predicted molar refractivity (Wildman–Crippen MR) is 73.4 cm³/mol. The van der Waals surface area contributed by atoms with Gasteiger partial charge in [-0.2, -0.15) is 0 Å². The Balaban J connectivity index is 1.84. The van der Waals surface area contributed by atoms with Crippen LogP contribution in [0.3, 0.4) is 0 Å². The van der Waals surface area contributed by atoms with Crippen LogP contribution in [0.25, 0.3) is 0 Å². The lowest BCUT2D eigenvalue weighted by Gasteiger charge is -2.29. The summed E-state index contributed by atoms with van der Waals surface area (Å²) in [5.41, 5.74) is 1.18. The molecule has 0 amide bonds. The van der Waals surface area contributed by atoms with E-state index in [2.05, 4.69) is 26.2 Å². The molecule has 1 aromatic heterocycles. The van der Waals surface area contributed by atoms with Crippen molar-refractivity contribution in [2.45, 2.75) is 0 Å². The molecule has 0 atom stereocenters. The van der Waals surface area contributed by atoms with Gasteiger partial charge in [0.05, 0.1) is 11.9 Å². The molecule has 0 saturated carbocycles. The van der Waals surface area contributed by atoms with E-state index in [4.69, 9.17) is 4.74 Å². The fourth-order valence-corrected chi connectivity index (χ4v) is 1.90. The van der Waals surface area contributed by atoms with E-state index in [9.17, 15) is 0 Å². The van der Waals surface area contributed by atoms with Crippen molar-refractivity contribution in [2.24, 2.45) is 0 Å². The lowest BCUT2D eigenvalue weighted by molar-refractivity contribution is 0.254. The van der Waals surface area contributed by atoms with Crippen molar-refractivity contribution in [3.05, 3.63) is 18.3 Å². The molecule has 1 fully saturated rings. The Hall–Kier alpha value is -1.33. The molecule has 0 aliphatic carbocycles. The number of aromatic nitrogens is 1. The van der Waals surface area contributed by atoms with Gasteiger partial charge in [-0.1, -0.05) is 0 Å². The maximum absolute atomic E-state index is 5.58. The summed E-state index contributed by atoms with van der Waals surface area (Å²) in [4.78, 5) is 8.78. The minimum Gasteiger partial charge on any atom is -0.476 e. The molecular weight excluding hydrogens is 228 g/mol. The number of nitrogens with one attached hydrogen (secondary N) is 1. The van der Waals surface area contributed by atoms with E-state index in [0.717, 1.165) is 32.7 Å². The van der Waals surface area contributed by atoms with Crippen LogP contribution in [0.2, 0.25) is 0 Å². The Kier molecular flexibility index (Phi) is 4.78. The van der Waals surface area contributed by atoms with E-state index in [1.165, 1.54) is 5.69 Å². The maximum atomic E-state index is 5.58. The summed E-state index contributed by atoms with van der Waals surface area (Å²) in [6, 6.07) is 4.04. The number of piperazine rings is 1. The highest BCUT2D eigenvalue weighted by atomic mass is 16.5. The molecule has 1 aliphatic rings. The molecule has 1 aromatic rings. The van der Waals surface area contributed by atoms with Gasteiger partial charge in [0.2, 0.25) is 5.88 Å². The smallest absolute Gasteiger partial charge is 0.213 e. The summed E-state index contributed by atoms with van der Waals surface area (Å²) in [6.45, 7) is 5.75. The topological polar surface area (TPSA) is 40.6 Å². The first kappa shape index (κ1) is 13.1. The van der Waals surface area contributed by atoms with Crippen molar-refractivity contribution >= 4 is 5.69 Å². The number of nitrogens with zero attached hydrogens (tertiary/aromatic N) is 3. The van der Waals surface area contributed by atoms with Crippen LogP contribution in [0.4, 0.5) is 5.69 Å². The summed E-state index contributed by atoms with van der Waals surface area (Å²) < 4.78 is 5.58. The Morgan fingerprint density at radius 3 is 2.72 bits per heavy atom. The first-order chi connectivity index (χ1) is 8.75. The van der Waals surface area contributed by atoms with Gasteiger partial charge in [0, 0.05) is 38.8 Å². The summed E-state index contributed by atoms with van der Waals surface area (Å²) in [5, 5.41) is 3.34. The summed E-state index contributed by atoms with van der Waals surface area (Å²) in [6.07, 6.45) is 1.90. The van der Waals surface area contributed by atoms with E-state index in [-0.39, 0.29) is 0 Å². The molecule has 0 unspecified atom stereocenters. The minimum atomic E-state index is 0.674. The third-order valence-corrected chi connectivity index (χ3v) is 2.99. The number of hydrogen-bond donors (Lipinski definition) is 1. The molecule has 0 radical (unpaired) electrons. The number of likely N-dealkylation sites (N-methyl/N-ethyl adjacent to an activating group) is 1. The van der Waals surface area contributed by atoms with Crippen molar-refractivity contribution in [3.63, 3.8) is 0 Å². The first-order valence-electron chi connectivity index (χ1n) is 6.45. The molecule has 0 bridgehead atoms. The van der Waals surface area contributed by atoms with Gasteiger partial charge in [0.25, 0.3) is 0 Å². The molecule has 2 rings (SSSR count). The maximum Gasteiger partial charge on any atom is 0.213 e. The average Bonchev–Trinajstić information content (AvgIpc) is 2.40. The minimum absolute atomic E-state index is 0.674. The second-order valence-electron chi connectivity index (χ2n) is 4.74. The number of hydrogen-bond acceptors (Lipinski definition) is 5. The molecule has 1 aliphatic heterocycles. The Bertz CT molecular complexity index is 347. The van der Waals surface area contributed by atoms with Crippen molar-refractivity contribution in [1.29, 1.82) is 0 Å². The van der Waals surface area contributed by atoms with Gasteiger partial charge in [-0.05, 0) is 20.2 Å². The van der Waals surface area contributed by atoms with Crippen LogP contribution in [0.1, 0.15) is 0 Å². The molecule has 0 aromatic carbocycles. The molecular formula is C13H22N4O. The highest BCUT2D eigenvalue weighted by Crippen LogP contribution is 2.16. The van der Waals surface area contributed by atoms with E-state index in [1.807, 2.05) is 26.4 Å². The van der Waals surface area contributed by atoms with Gasteiger partial charge >= 0.3 is 0 Å². The predicted octanol–water partition coefficient (Wildman–Crippen LogP) is 0.432. The van der Waals surface area contributed by atoms with Crippen LogP contribution in [0.5, 0.6) is 5.88 Å². The standard InChI is InChI=1S/C13H22N4O/c1-16(2)9-10-18-13-4-3-12(11-15-13)17-7-5-14-6-8-17/h3-4,11,14H,5-10H2,1-2H3. The SMILES string of the molecule is CN(C)CCOc1ccc(N2CCNCC2)cn1. The largest absolute Gasteiger partial charge is 0.476 e. The third kappa shape index (κ3) is 3.85.